The van der Waals surface area contributed by atoms with E-state index < -0.39 is 0 Å². The topological polar surface area (TPSA) is 47.3 Å². The zero-order chi connectivity index (χ0) is 9.10. The van der Waals surface area contributed by atoms with E-state index in [9.17, 15) is 0 Å². The van der Waals surface area contributed by atoms with Gasteiger partial charge in [-0.1, -0.05) is 6.42 Å². The van der Waals surface area contributed by atoms with Gasteiger partial charge in [0.1, 0.15) is 0 Å². The van der Waals surface area contributed by atoms with Crippen LogP contribution in [-0.4, -0.2) is 31.3 Å². The second-order valence-corrected chi connectivity index (χ2v) is 4.25. The molecule has 1 saturated heterocycles. The Morgan fingerprint density at radius 1 is 1.08 bits per heavy atom. The van der Waals surface area contributed by atoms with Crippen LogP contribution >= 0.6 is 0 Å². The van der Waals surface area contributed by atoms with E-state index in [1.54, 1.807) is 0 Å². The van der Waals surface area contributed by atoms with Crippen molar-refractivity contribution in [1.29, 1.82) is 0 Å². The second-order valence-electron chi connectivity index (χ2n) is 4.25. The van der Waals surface area contributed by atoms with Crippen molar-refractivity contribution in [3.8, 4) is 0 Å². The maximum atomic E-state index is 6.00. The quantitative estimate of drug-likeness (QED) is 0.662. The van der Waals surface area contributed by atoms with Gasteiger partial charge in [-0.3, -0.25) is 0 Å². The molecule has 3 heteroatoms. The molecular weight excluding hydrogens is 164 g/mol. The maximum absolute atomic E-state index is 6.00. The second kappa shape index (κ2) is 4.40. The molecule has 2 aliphatic rings. The zero-order valence-corrected chi connectivity index (χ0v) is 8.17. The van der Waals surface area contributed by atoms with E-state index >= 15 is 0 Å². The fourth-order valence-electron chi connectivity index (χ4n) is 2.36. The highest BCUT2D eigenvalue weighted by Crippen LogP contribution is 2.19. The molecule has 1 aliphatic heterocycles. The lowest BCUT2D eigenvalue weighted by molar-refractivity contribution is 0.0745. The fraction of sp³-hybridized carbons (Fsp3) is 1.00. The number of rotatable bonds is 2. The average Bonchev–Trinajstić information content (AvgIpc) is 2.54. The molecule has 2 rings (SSSR count). The normalized spacial score (nSPS) is 36.7. The Kier molecular flexibility index (Phi) is 3.19. The minimum atomic E-state index is 0.392. The summed E-state index contributed by atoms with van der Waals surface area (Å²) in [6.45, 7) is 1.83. The van der Waals surface area contributed by atoms with Crippen molar-refractivity contribution in [2.45, 2.75) is 50.2 Å². The summed E-state index contributed by atoms with van der Waals surface area (Å²) >= 11 is 0. The van der Waals surface area contributed by atoms with Gasteiger partial charge in [-0.2, -0.15) is 0 Å². The van der Waals surface area contributed by atoms with Gasteiger partial charge in [-0.05, 0) is 25.7 Å². The molecule has 0 aromatic rings. The zero-order valence-electron chi connectivity index (χ0n) is 8.17. The van der Waals surface area contributed by atoms with Crippen LogP contribution in [0.25, 0.3) is 0 Å². The smallest absolute Gasteiger partial charge is 0.0480 e. The van der Waals surface area contributed by atoms with E-state index in [0.29, 0.717) is 18.1 Å². The maximum Gasteiger partial charge on any atom is 0.0480 e. The SMILES string of the molecule is NC1CCCC1NC1CCOCC1. The molecule has 1 saturated carbocycles. The van der Waals surface area contributed by atoms with Gasteiger partial charge in [0.25, 0.3) is 0 Å². The van der Waals surface area contributed by atoms with Crippen molar-refractivity contribution in [2.75, 3.05) is 13.2 Å². The lowest BCUT2D eigenvalue weighted by Gasteiger charge is -2.28. The molecule has 2 atom stereocenters. The van der Waals surface area contributed by atoms with E-state index in [1.165, 1.54) is 19.3 Å². The van der Waals surface area contributed by atoms with Gasteiger partial charge in [0, 0.05) is 31.3 Å². The Morgan fingerprint density at radius 3 is 2.46 bits per heavy atom. The van der Waals surface area contributed by atoms with Crippen LogP contribution in [0.1, 0.15) is 32.1 Å². The van der Waals surface area contributed by atoms with Crippen LogP contribution in [0.3, 0.4) is 0 Å². The van der Waals surface area contributed by atoms with Crippen LogP contribution in [0.15, 0.2) is 0 Å². The summed E-state index contributed by atoms with van der Waals surface area (Å²) in [4.78, 5) is 0. The molecule has 3 N–H and O–H groups in total. The first-order chi connectivity index (χ1) is 6.36. The van der Waals surface area contributed by atoms with E-state index in [0.717, 1.165) is 26.1 Å². The summed E-state index contributed by atoms with van der Waals surface area (Å²) in [5.41, 5.74) is 6.00. The van der Waals surface area contributed by atoms with Gasteiger partial charge < -0.3 is 15.8 Å². The molecule has 2 fully saturated rings. The molecule has 0 spiro atoms. The standard InChI is InChI=1S/C10H20N2O/c11-9-2-1-3-10(9)12-8-4-6-13-7-5-8/h8-10,12H,1-7,11H2. The van der Waals surface area contributed by atoms with Gasteiger partial charge in [0.2, 0.25) is 0 Å². The molecule has 3 nitrogen and oxygen atoms in total. The molecule has 0 bridgehead atoms. The Hall–Kier alpha value is -0.120. The third kappa shape index (κ3) is 2.42. The minimum absolute atomic E-state index is 0.392. The van der Waals surface area contributed by atoms with Crippen molar-refractivity contribution >= 4 is 0 Å². The molecule has 76 valence electrons. The van der Waals surface area contributed by atoms with Crippen molar-refractivity contribution in [3.05, 3.63) is 0 Å². The van der Waals surface area contributed by atoms with E-state index in [2.05, 4.69) is 5.32 Å². The third-order valence-corrected chi connectivity index (χ3v) is 3.24. The van der Waals surface area contributed by atoms with Gasteiger partial charge in [-0.25, -0.2) is 0 Å². The third-order valence-electron chi connectivity index (χ3n) is 3.24. The predicted molar refractivity (Wildman–Crippen MR) is 52.6 cm³/mol. The Bertz CT molecular complexity index is 157. The highest BCUT2D eigenvalue weighted by Gasteiger charge is 2.26. The first kappa shape index (κ1) is 9.44. The molecule has 0 aromatic carbocycles. The number of nitrogens with two attached hydrogens (primary N) is 1. The number of ether oxygens (including phenoxy) is 1. The Balaban J connectivity index is 1.75. The summed E-state index contributed by atoms with van der Waals surface area (Å²) in [6, 6.07) is 1.62. The van der Waals surface area contributed by atoms with Gasteiger partial charge >= 0.3 is 0 Å². The highest BCUT2D eigenvalue weighted by molar-refractivity contribution is 4.88. The highest BCUT2D eigenvalue weighted by atomic mass is 16.5. The summed E-state index contributed by atoms with van der Waals surface area (Å²) in [5, 5.41) is 3.66. The number of hydrogen-bond donors (Lipinski definition) is 2. The van der Waals surface area contributed by atoms with E-state index in [4.69, 9.17) is 10.5 Å². The molecule has 1 aliphatic carbocycles. The lowest BCUT2D eigenvalue weighted by Crippen LogP contribution is -2.47. The Morgan fingerprint density at radius 2 is 1.85 bits per heavy atom. The number of hydrogen-bond acceptors (Lipinski definition) is 3. The lowest BCUT2D eigenvalue weighted by atomic mass is 10.1. The monoisotopic (exact) mass is 184 g/mol. The summed E-state index contributed by atoms with van der Waals surface area (Å²) in [6.07, 6.45) is 6.06. The molecule has 2 unspecified atom stereocenters. The van der Waals surface area contributed by atoms with Crippen LogP contribution in [0.2, 0.25) is 0 Å². The Labute approximate surface area is 80.0 Å². The molecule has 0 aromatic heterocycles. The van der Waals surface area contributed by atoms with Crippen molar-refractivity contribution < 1.29 is 4.74 Å². The van der Waals surface area contributed by atoms with Crippen molar-refractivity contribution in [1.82, 2.24) is 5.32 Å². The first-order valence-electron chi connectivity index (χ1n) is 5.45. The van der Waals surface area contributed by atoms with Gasteiger partial charge in [0.15, 0.2) is 0 Å². The summed E-state index contributed by atoms with van der Waals surface area (Å²) in [5.74, 6) is 0. The van der Waals surface area contributed by atoms with Crippen molar-refractivity contribution in [3.63, 3.8) is 0 Å². The van der Waals surface area contributed by atoms with Gasteiger partial charge in [-0.15, -0.1) is 0 Å². The largest absolute Gasteiger partial charge is 0.381 e. The van der Waals surface area contributed by atoms with Crippen molar-refractivity contribution in [2.24, 2.45) is 5.73 Å². The van der Waals surface area contributed by atoms with E-state index in [1.807, 2.05) is 0 Å². The van der Waals surface area contributed by atoms with Gasteiger partial charge in [0.05, 0.1) is 0 Å². The average molecular weight is 184 g/mol. The summed E-state index contributed by atoms with van der Waals surface area (Å²) in [7, 11) is 0. The molecule has 1 heterocycles. The van der Waals surface area contributed by atoms with Crippen LogP contribution < -0.4 is 11.1 Å². The first-order valence-corrected chi connectivity index (χ1v) is 5.45. The van der Waals surface area contributed by atoms with Crippen LogP contribution in [0, 0.1) is 0 Å². The minimum Gasteiger partial charge on any atom is -0.381 e. The van der Waals surface area contributed by atoms with Crippen LogP contribution in [0.5, 0.6) is 0 Å². The molecule has 0 amide bonds. The van der Waals surface area contributed by atoms with E-state index in [-0.39, 0.29) is 0 Å². The predicted octanol–water partition coefficient (Wildman–Crippen LogP) is 0.635. The molecule has 0 radical (unpaired) electrons. The summed E-state index contributed by atoms with van der Waals surface area (Å²) < 4.78 is 5.32. The number of nitrogens with one attached hydrogen (secondary N) is 1. The fourth-order valence-corrected chi connectivity index (χ4v) is 2.36. The molecule has 13 heavy (non-hydrogen) atoms. The van der Waals surface area contributed by atoms with Crippen LogP contribution in [-0.2, 0) is 4.74 Å². The molecular formula is C10H20N2O. The van der Waals surface area contributed by atoms with Crippen LogP contribution in [0.4, 0.5) is 0 Å².